The molecule has 0 spiro atoms. The van der Waals surface area contributed by atoms with Gasteiger partial charge in [-0.1, -0.05) is 23.7 Å². The fourth-order valence-electron chi connectivity index (χ4n) is 3.95. The topological polar surface area (TPSA) is 95.8 Å². The average Bonchev–Trinajstić information content (AvgIpc) is 3.08. The van der Waals surface area contributed by atoms with E-state index in [1.807, 2.05) is 0 Å². The summed E-state index contributed by atoms with van der Waals surface area (Å²) in [4.78, 5) is 33.4. The number of hydrogen-bond donors (Lipinski definition) is 0. The molecule has 0 unspecified atom stereocenters. The molecule has 3 aromatic heterocycles. The molecule has 158 valence electrons. The molecule has 8 nitrogen and oxygen atoms in total. The van der Waals surface area contributed by atoms with Crippen LogP contribution in [-0.4, -0.2) is 24.3 Å². The highest BCUT2D eigenvalue weighted by molar-refractivity contribution is 6.30. The first-order chi connectivity index (χ1) is 14.8. The number of aryl methyl sites for hydroxylation is 1. The number of rotatable bonds is 4. The van der Waals surface area contributed by atoms with Gasteiger partial charge in [-0.25, -0.2) is 19.2 Å². The zero-order valence-corrected chi connectivity index (χ0v) is 17.2. The Kier molecular flexibility index (Phi) is 4.51. The molecule has 1 aromatic carbocycles. The van der Waals surface area contributed by atoms with E-state index in [9.17, 15) is 9.59 Å². The molecule has 0 bridgehead atoms. The minimum Gasteiger partial charge on any atom is -0.390 e. The second kappa shape index (κ2) is 7.12. The van der Waals surface area contributed by atoms with Crippen molar-refractivity contribution in [3.05, 3.63) is 85.8 Å². The fraction of sp³-hybridized carbons (Fsp3) is 0.286. The fourth-order valence-corrected chi connectivity index (χ4v) is 4.08. The zero-order chi connectivity index (χ0) is 21.8. The van der Waals surface area contributed by atoms with Crippen LogP contribution in [0.2, 0.25) is 5.02 Å². The van der Waals surface area contributed by atoms with Gasteiger partial charge < -0.3 is 4.42 Å². The molecule has 1 fully saturated rings. The third kappa shape index (κ3) is 3.34. The monoisotopic (exact) mass is 441 g/mol. The number of hydrogen-bond acceptors (Lipinski definition) is 6. The lowest BCUT2D eigenvalue weighted by Gasteiger charge is -2.40. The first-order valence-electron chi connectivity index (χ1n) is 9.68. The minimum absolute atomic E-state index is 0.0534. The van der Waals surface area contributed by atoms with Crippen LogP contribution in [0.15, 0.2) is 56.9 Å². The van der Waals surface area contributed by atoms with Gasteiger partial charge in [0.1, 0.15) is 18.5 Å². The average molecular weight is 442 g/mol. The third-order valence-corrected chi connectivity index (χ3v) is 5.93. The molecule has 0 saturated heterocycles. The second-order valence-corrected chi connectivity index (χ2v) is 8.18. The van der Waals surface area contributed by atoms with Gasteiger partial charge in [-0.3, -0.25) is 9.36 Å². The number of aromatic nitrogens is 5. The van der Waals surface area contributed by atoms with Gasteiger partial charge in [-0.2, -0.15) is 4.68 Å². The van der Waals surface area contributed by atoms with Crippen LogP contribution in [0.25, 0.3) is 11.0 Å². The number of fused-ring (bicyclic) bond motifs is 1. The Balaban J connectivity index is 1.38. The molecule has 4 aromatic rings. The van der Waals surface area contributed by atoms with E-state index >= 15 is 4.39 Å². The van der Waals surface area contributed by atoms with Crippen LogP contribution in [-0.2, 0) is 12.2 Å². The molecule has 1 aliphatic rings. The van der Waals surface area contributed by atoms with Crippen LogP contribution in [0.1, 0.15) is 35.9 Å². The number of halogens is 2. The Bertz CT molecular complexity index is 1400. The quantitative estimate of drug-likeness (QED) is 0.482. The Morgan fingerprint density at radius 2 is 1.94 bits per heavy atom. The lowest BCUT2D eigenvalue weighted by molar-refractivity contribution is 0.00179. The SMILES string of the molecule is Cc1ccnc2ncn(Cc3nn(C4CC(F)(c5ccc(Cl)cc5)C4)c(=O)o3)c(=O)c12. The molecular weight excluding hydrogens is 425 g/mol. The van der Waals surface area contributed by atoms with Crippen molar-refractivity contribution >= 4 is 22.6 Å². The van der Waals surface area contributed by atoms with Gasteiger partial charge in [0.05, 0.1) is 11.4 Å². The van der Waals surface area contributed by atoms with Gasteiger partial charge in [-0.05, 0) is 36.2 Å². The van der Waals surface area contributed by atoms with Gasteiger partial charge in [0.15, 0.2) is 5.65 Å². The van der Waals surface area contributed by atoms with Crippen LogP contribution in [0.5, 0.6) is 0 Å². The predicted octanol–water partition coefficient (Wildman–Crippen LogP) is 3.15. The van der Waals surface area contributed by atoms with E-state index in [1.165, 1.54) is 10.9 Å². The molecule has 3 heterocycles. The third-order valence-electron chi connectivity index (χ3n) is 5.68. The van der Waals surface area contributed by atoms with E-state index in [-0.39, 0.29) is 30.8 Å². The summed E-state index contributed by atoms with van der Waals surface area (Å²) < 4.78 is 22.8. The molecule has 0 atom stereocenters. The van der Waals surface area contributed by atoms with Crippen LogP contribution in [0.4, 0.5) is 4.39 Å². The molecule has 5 rings (SSSR count). The van der Waals surface area contributed by atoms with Gasteiger partial charge in [0.25, 0.3) is 5.56 Å². The molecule has 0 amide bonds. The lowest BCUT2D eigenvalue weighted by atomic mass is 9.73. The molecule has 0 radical (unpaired) electrons. The van der Waals surface area contributed by atoms with Crippen molar-refractivity contribution in [3.8, 4) is 0 Å². The minimum atomic E-state index is -1.54. The van der Waals surface area contributed by atoms with Crippen LogP contribution >= 0.6 is 11.6 Å². The summed E-state index contributed by atoms with van der Waals surface area (Å²) in [6, 6.07) is 7.86. The van der Waals surface area contributed by atoms with Crippen molar-refractivity contribution in [2.45, 2.75) is 38.0 Å². The van der Waals surface area contributed by atoms with E-state index in [0.29, 0.717) is 21.6 Å². The first-order valence-corrected chi connectivity index (χ1v) is 10.1. The van der Waals surface area contributed by atoms with E-state index < -0.39 is 17.5 Å². The Morgan fingerprint density at radius 3 is 2.68 bits per heavy atom. The second-order valence-electron chi connectivity index (χ2n) is 7.74. The predicted molar refractivity (Wildman–Crippen MR) is 111 cm³/mol. The maximum absolute atomic E-state index is 15.2. The number of pyridine rings is 1. The molecule has 1 aliphatic carbocycles. The summed E-state index contributed by atoms with van der Waals surface area (Å²) in [6.07, 6.45) is 3.13. The maximum Gasteiger partial charge on any atom is 0.437 e. The molecule has 10 heteroatoms. The Hall–Kier alpha value is -3.33. The van der Waals surface area contributed by atoms with E-state index in [0.717, 1.165) is 10.2 Å². The van der Waals surface area contributed by atoms with Gasteiger partial charge in [0.2, 0.25) is 5.89 Å². The number of benzene rings is 1. The van der Waals surface area contributed by atoms with Crippen LogP contribution in [0.3, 0.4) is 0 Å². The van der Waals surface area contributed by atoms with Gasteiger partial charge in [-0.15, -0.1) is 5.10 Å². The standard InChI is InChI=1S/C21H17ClFN5O3/c1-12-6-7-24-18-17(12)19(29)27(11-25-18)10-16-26-28(20(30)31-16)15-8-21(23,9-15)13-2-4-14(22)5-3-13/h2-7,11,15H,8-10H2,1H3. The smallest absolute Gasteiger partial charge is 0.390 e. The number of alkyl halides is 1. The zero-order valence-electron chi connectivity index (χ0n) is 16.5. The van der Waals surface area contributed by atoms with E-state index in [1.54, 1.807) is 43.5 Å². The summed E-state index contributed by atoms with van der Waals surface area (Å²) in [7, 11) is 0. The molecular formula is C21H17ClFN5O3. The van der Waals surface area contributed by atoms with Gasteiger partial charge in [0, 0.05) is 24.1 Å². The molecule has 31 heavy (non-hydrogen) atoms. The summed E-state index contributed by atoms with van der Waals surface area (Å²) in [5.41, 5.74) is -0.231. The van der Waals surface area contributed by atoms with Crippen molar-refractivity contribution in [1.82, 2.24) is 24.3 Å². The molecule has 0 aliphatic heterocycles. The highest BCUT2D eigenvalue weighted by Crippen LogP contribution is 2.51. The van der Waals surface area contributed by atoms with Crippen LogP contribution < -0.4 is 11.3 Å². The normalized spacial score (nSPS) is 20.7. The largest absolute Gasteiger partial charge is 0.437 e. The van der Waals surface area contributed by atoms with Crippen molar-refractivity contribution in [2.75, 3.05) is 0 Å². The molecule has 1 saturated carbocycles. The maximum atomic E-state index is 15.2. The van der Waals surface area contributed by atoms with Gasteiger partial charge >= 0.3 is 5.76 Å². The van der Waals surface area contributed by atoms with Crippen molar-refractivity contribution in [2.24, 2.45) is 0 Å². The lowest BCUT2D eigenvalue weighted by Crippen LogP contribution is -2.41. The Labute approximate surface area is 179 Å². The van der Waals surface area contributed by atoms with Crippen molar-refractivity contribution < 1.29 is 8.81 Å². The van der Waals surface area contributed by atoms with Crippen molar-refractivity contribution in [1.29, 1.82) is 0 Å². The highest BCUT2D eigenvalue weighted by Gasteiger charge is 2.48. The van der Waals surface area contributed by atoms with Crippen LogP contribution in [0, 0.1) is 6.92 Å². The summed E-state index contributed by atoms with van der Waals surface area (Å²) in [5.74, 6) is -0.629. The Morgan fingerprint density at radius 1 is 1.19 bits per heavy atom. The van der Waals surface area contributed by atoms with E-state index in [2.05, 4.69) is 15.1 Å². The summed E-state index contributed by atoms with van der Waals surface area (Å²) in [6.45, 7) is 1.73. The summed E-state index contributed by atoms with van der Waals surface area (Å²) >= 11 is 5.87. The first kappa shape index (κ1) is 19.6. The van der Waals surface area contributed by atoms with Crippen molar-refractivity contribution in [3.63, 3.8) is 0 Å². The highest BCUT2D eigenvalue weighted by atomic mass is 35.5. The van der Waals surface area contributed by atoms with E-state index in [4.69, 9.17) is 16.0 Å². The number of nitrogens with zero attached hydrogens (tertiary/aromatic N) is 5. The summed E-state index contributed by atoms with van der Waals surface area (Å²) in [5, 5.41) is 5.12. The molecule has 0 N–H and O–H groups in total.